The van der Waals surface area contributed by atoms with Gasteiger partial charge in [0, 0.05) is 5.97 Å². The summed E-state index contributed by atoms with van der Waals surface area (Å²) in [6.45, 7) is 1.51. The predicted molar refractivity (Wildman–Crippen MR) is 36.4 cm³/mol. The van der Waals surface area contributed by atoms with E-state index in [0.29, 0.717) is 12.8 Å². The molecule has 6 nitrogen and oxygen atoms in total. The summed E-state index contributed by atoms with van der Waals surface area (Å²) < 4.78 is 0. The van der Waals surface area contributed by atoms with Crippen molar-refractivity contribution >= 4 is 5.97 Å². The Kier molecular flexibility index (Phi) is 4.75. The molecule has 0 unspecified atom stereocenters. The predicted octanol–water partition coefficient (Wildman–Crippen LogP) is -0.497. The molecule has 0 fully saturated rings. The van der Waals surface area contributed by atoms with Gasteiger partial charge in [0.2, 0.25) is 0 Å². The van der Waals surface area contributed by atoms with Gasteiger partial charge in [0.1, 0.15) is 6.10 Å². The van der Waals surface area contributed by atoms with Gasteiger partial charge in [-0.15, -0.1) is 10.1 Å². The van der Waals surface area contributed by atoms with Gasteiger partial charge >= 0.3 is 0 Å². The largest absolute Gasteiger partial charge is 0.550 e. The van der Waals surface area contributed by atoms with E-state index >= 15 is 0 Å². The van der Waals surface area contributed by atoms with Gasteiger partial charge in [-0.2, -0.15) is 0 Å². The molecule has 0 radical (unpaired) electrons. The number of nitrogens with zero attached hydrogens (tertiary/aromatic N) is 1. The Morgan fingerprint density at radius 2 is 2.25 bits per heavy atom. The van der Waals surface area contributed by atoms with Crippen LogP contribution in [-0.2, 0) is 9.63 Å². The van der Waals surface area contributed by atoms with E-state index in [1.165, 1.54) is 6.92 Å². The quantitative estimate of drug-likeness (QED) is 0.402. The molecule has 6 heteroatoms. The Bertz CT molecular complexity index is 169. The summed E-state index contributed by atoms with van der Waals surface area (Å²) in [7, 11) is 0. The fraction of sp³-hybridized carbons (Fsp3) is 0.833. The summed E-state index contributed by atoms with van der Waals surface area (Å²) in [6, 6.07) is 0. The molecule has 0 aliphatic rings. The highest BCUT2D eigenvalue weighted by molar-refractivity contribution is 5.64. The highest BCUT2D eigenvalue weighted by Crippen LogP contribution is 2.03. The second kappa shape index (κ2) is 5.34. The zero-order valence-corrected chi connectivity index (χ0v) is 6.69. The van der Waals surface area contributed by atoms with Gasteiger partial charge in [0.15, 0.2) is 0 Å². The van der Waals surface area contributed by atoms with Crippen molar-refractivity contribution in [3.05, 3.63) is 10.1 Å². The molecular formula is C6H10NO5-. The molecule has 1 atom stereocenters. The molecule has 0 aromatic carbocycles. The molecule has 0 N–H and O–H groups in total. The molecule has 0 aliphatic heterocycles. The molecule has 0 heterocycles. The molecule has 0 saturated heterocycles. The minimum absolute atomic E-state index is 0.0919. The first-order chi connectivity index (χ1) is 5.52. The fourth-order valence-electron chi connectivity index (χ4n) is 0.733. The van der Waals surface area contributed by atoms with E-state index in [-0.39, 0.29) is 6.42 Å². The molecule has 0 aromatic heterocycles. The first kappa shape index (κ1) is 10.7. The van der Waals surface area contributed by atoms with Crippen LogP contribution in [0.25, 0.3) is 0 Å². The highest BCUT2D eigenvalue weighted by Gasteiger charge is 2.05. The van der Waals surface area contributed by atoms with E-state index in [0.717, 1.165) is 0 Å². The van der Waals surface area contributed by atoms with E-state index < -0.39 is 17.2 Å². The maximum absolute atomic E-state index is 9.92. The molecular weight excluding hydrogens is 166 g/mol. The summed E-state index contributed by atoms with van der Waals surface area (Å²) in [5.41, 5.74) is 0. The second-order valence-corrected chi connectivity index (χ2v) is 2.40. The van der Waals surface area contributed by atoms with Crippen LogP contribution in [0.1, 0.15) is 26.2 Å². The van der Waals surface area contributed by atoms with Gasteiger partial charge in [0.25, 0.3) is 5.09 Å². The zero-order valence-electron chi connectivity index (χ0n) is 6.69. The smallest absolute Gasteiger partial charge is 0.294 e. The highest BCUT2D eigenvalue weighted by atomic mass is 17.0. The van der Waals surface area contributed by atoms with E-state index in [2.05, 4.69) is 4.84 Å². The van der Waals surface area contributed by atoms with Crippen LogP contribution in [0.3, 0.4) is 0 Å². The minimum atomic E-state index is -1.15. The third kappa shape index (κ3) is 6.79. The fourth-order valence-corrected chi connectivity index (χ4v) is 0.733. The third-order valence-corrected chi connectivity index (χ3v) is 1.26. The number of rotatable bonds is 6. The molecule has 0 aliphatic carbocycles. The van der Waals surface area contributed by atoms with Gasteiger partial charge in [-0.3, -0.25) is 0 Å². The van der Waals surface area contributed by atoms with Crippen LogP contribution in [0.2, 0.25) is 0 Å². The Balaban J connectivity index is 3.37. The SMILES string of the molecule is C[C@H](CCCC(=O)[O-])O[N+](=O)[O-]. The molecule has 0 aromatic rings. The van der Waals surface area contributed by atoms with Crippen molar-refractivity contribution in [1.29, 1.82) is 0 Å². The van der Waals surface area contributed by atoms with E-state index in [9.17, 15) is 20.0 Å². The summed E-state index contributed by atoms with van der Waals surface area (Å²) in [6.07, 6.45) is 0.0249. The summed E-state index contributed by atoms with van der Waals surface area (Å²) in [4.78, 5) is 23.8. The van der Waals surface area contributed by atoms with Gasteiger partial charge in [0.05, 0.1) is 0 Å². The van der Waals surface area contributed by atoms with Crippen LogP contribution in [0.4, 0.5) is 0 Å². The van der Waals surface area contributed by atoms with Crippen LogP contribution in [-0.4, -0.2) is 17.2 Å². The molecule has 0 bridgehead atoms. The van der Waals surface area contributed by atoms with Gasteiger partial charge < -0.3 is 14.7 Å². The van der Waals surface area contributed by atoms with Crippen molar-refractivity contribution in [2.45, 2.75) is 32.3 Å². The van der Waals surface area contributed by atoms with Crippen molar-refractivity contribution < 1.29 is 19.8 Å². The van der Waals surface area contributed by atoms with Crippen LogP contribution in [0.15, 0.2) is 0 Å². The number of carboxylic acids is 1. The number of hydrogen-bond acceptors (Lipinski definition) is 5. The lowest BCUT2D eigenvalue weighted by Gasteiger charge is -2.08. The van der Waals surface area contributed by atoms with E-state index in [1.54, 1.807) is 0 Å². The van der Waals surface area contributed by atoms with E-state index in [1.807, 2.05) is 0 Å². The van der Waals surface area contributed by atoms with Crippen LogP contribution in [0.5, 0.6) is 0 Å². The Hall–Kier alpha value is -1.33. The monoisotopic (exact) mass is 176 g/mol. The standard InChI is InChI=1S/C6H11NO5/c1-5(12-7(10)11)3-2-4-6(8)9/h5H,2-4H2,1H3,(H,8,9)/p-1/t5-/m1/s1. The number of carbonyl (C=O) groups excluding carboxylic acids is 1. The van der Waals surface area contributed by atoms with Crippen LogP contribution >= 0.6 is 0 Å². The van der Waals surface area contributed by atoms with Gasteiger partial charge in [-0.1, -0.05) is 0 Å². The van der Waals surface area contributed by atoms with Crippen molar-refractivity contribution in [1.82, 2.24) is 0 Å². The first-order valence-electron chi connectivity index (χ1n) is 3.53. The summed E-state index contributed by atoms with van der Waals surface area (Å²) in [5, 5.41) is 18.8. The molecule has 0 spiro atoms. The molecule has 12 heavy (non-hydrogen) atoms. The molecule has 0 rings (SSSR count). The Morgan fingerprint density at radius 3 is 2.67 bits per heavy atom. The average Bonchev–Trinajstić information content (AvgIpc) is 1.84. The summed E-state index contributed by atoms with van der Waals surface area (Å²) >= 11 is 0. The molecule has 0 amide bonds. The van der Waals surface area contributed by atoms with Crippen molar-refractivity contribution in [3.8, 4) is 0 Å². The second-order valence-electron chi connectivity index (χ2n) is 2.40. The van der Waals surface area contributed by atoms with Crippen LogP contribution < -0.4 is 5.11 Å². The van der Waals surface area contributed by atoms with Gasteiger partial charge in [-0.05, 0) is 26.2 Å². The molecule has 0 saturated carbocycles. The zero-order chi connectivity index (χ0) is 9.56. The third-order valence-electron chi connectivity index (χ3n) is 1.26. The van der Waals surface area contributed by atoms with Crippen LogP contribution in [0, 0.1) is 10.1 Å². The number of aliphatic carboxylic acids is 1. The van der Waals surface area contributed by atoms with Crippen molar-refractivity contribution in [3.63, 3.8) is 0 Å². The number of hydrogen-bond donors (Lipinski definition) is 0. The maximum atomic E-state index is 9.92. The van der Waals surface area contributed by atoms with Crippen molar-refractivity contribution in [2.75, 3.05) is 0 Å². The maximum Gasteiger partial charge on any atom is 0.294 e. The van der Waals surface area contributed by atoms with Crippen molar-refractivity contribution in [2.24, 2.45) is 0 Å². The normalized spacial score (nSPS) is 12.1. The number of carbonyl (C=O) groups is 1. The lowest BCUT2D eigenvalue weighted by molar-refractivity contribution is -0.767. The average molecular weight is 176 g/mol. The Morgan fingerprint density at radius 1 is 1.67 bits per heavy atom. The Labute approximate surface area is 69.2 Å². The lowest BCUT2D eigenvalue weighted by Crippen LogP contribution is -2.22. The molecule has 70 valence electrons. The minimum Gasteiger partial charge on any atom is -0.550 e. The topological polar surface area (TPSA) is 92.5 Å². The lowest BCUT2D eigenvalue weighted by atomic mass is 10.2. The van der Waals surface area contributed by atoms with Gasteiger partial charge in [-0.25, -0.2) is 0 Å². The first-order valence-corrected chi connectivity index (χ1v) is 3.53. The van der Waals surface area contributed by atoms with E-state index in [4.69, 9.17) is 0 Å². The summed E-state index contributed by atoms with van der Waals surface area (Å²) in [5.74, 6) is -1.15. The number of carboxylic acid groups (broad SMARTS) is 1.